The molecule has 2 atom stereocenters. The minimum atomic E-state index is -0.909. The molecule has 1 heterocycles. The molecule has 1 saturated heterocycles. The zero-order valence-corrected chi connectivity index (χ0v) is 12.2. The second-order valence-corrected chi connectivity index (χ2v) is 5.38. The van der Waals surface area contributed by atoms with Crippen LogP contribution in [0.2, 0.25) is 0 Å². The summed E-state index contributed by atoms with van der Waals surface area (Å²) in [5.74, 6) is -0.444. The number of likely N-dealkylation sites (tertiary alicyclic amines) is 1. The molecule has 1 aliphatic heterocycles. The normalized spacial score (nSPS) is 19.3. The van der Waals surface area contributed by atoms with Crippen molar-refractivity contribution in [2.45, 2.75) is 32.2 Å². The van der Waals surface area contributed by atoms with Crippen molar-refractivity contribution in [2.75, 3.05) is 13.2 Å². The SMILES string of the molecule is C[C@H](CCOc1ccccc1)C(=O)N1CCC[C@@H]1C(=O)O. The van der Waals surface area contributed by atoms with Gasteiger partial charge < -0.3 is 14.7 Å². The van der Waals surface area contributed by atoms with E-state index in [1.54, 1.807) is 0 Å². The lowest BCUT2D eigenvalue weighted by molar-refractivity contribution is -0.149. The summed E-state index contributed by atoms with van der Waals surface area (Å²) in [6.07, 6.45) is 1.89. The molecule has 0 bridgehead atoms. The minimum Gasteiger partial charge on any atom is -0.494 e. The fraction of sp³-hybridized carbons (Fsp3) is 0.500. The van der Waals surface area contributed by atoms with Crippen molar-refractivity contribution in [3.8, 4) is 5.75 Å². The quantitative estimate of drug-likeness (QED) is 0.872. The number of ether oxygens (including phenoxy) is 1. The molecule has 1 fully saturated rings. The van der Waals surface area contributed by atoms with Crippen molar-refractivity contribution < 1.29 is 19.4 Å². The van der Waals surface area contributed by atoms with Crippen LogP contribution in [0.15, 0.2) is 30.3 Å². The van der Waals surface area contributed by atoms with Crippen LogP contribution in [0.3, 0.4) is 0 Å². The number of rotatable bonds is 6. The summed E-state index contributed by atoms with van der Waals surface area (Å²) in [5, 5.41) is 9.12. The number of carbonyl (C=O) groups excluding carboxylic acids is 1. The van der Waals surface area contributed by atoms with Gasteiger partial charge in [0, 0.05) is 12.5 Å². The molecule has 1 aromatic rings. The number of aliphatic carboxylic acids is 1. The van der Waals surface area contributed by atoms with Crippen molar-refractivity contribution in [3.05, 3.63) is 30.3 Å². The average molecular weight is 291 g/mol. The monoisotopic (exact) mass is 291 g/mol. The molecule has 0 aliphatic carbocycles. The van der Waals surface area contributed by atoms with Crippen LogP contribution in [0, 0.1) is 5.92 Å². The van der Waals surface area contributed by atoms with Crippen LogP contribution in [0.25, 0.3) is 0 Å². The van der Waals surface area contributed by atoms with E-state index in [4.69, 9.17) is 9.84 Å². The Bertz CT molecular complexity index is 488. The number of hydrogen-bond donors (Lipinski definition) is 1. The number of nitrogens with zero attached hydrogens (tertiary/aromatic N) is 1. The van der Waals surface area contributed by atoms with Gasteiger partial charge in [0.05, 0.1) is 6.61 Å². The Labute approximate surface area is 124 Å². The Morgan fingerprint density at radius 2 is 2.10 bits per heavy atom. The highest BCUT2D eigenvalue weighted by Gasteiger charge is 2.35. The maximum atomic E-state index is 12.3. The maximum absolute atomic E-state index is 12.3. The molecule has 0 radical (unpaired) electrons. The topological polar surface area (TPSA) is 66.8 Å². The van der Waals surface area contributed by atoms with Gasteiger partial charge >= 0.3 is 5.97 Å². The van der Waals surface area contributed by atoms with Gasteiger partial charge in [-0.1, -0.05) is 25.1 Å². The fourth-order valence-electron chi connectivity index (χ4n) is 2.56. The van der Waals surface area contributed by atoms with Crippen molar-refractivity contribution in [1.29, 1.82) is 0 Å². The highest BCUT2D eigenvalue weighted by Crippen LogP contribution is 2.21. The highest BCUT2D eigenvalue weighted by atomic mass is 16.5. The van der Waals surface area contributed by atoms with E-state index in [0.29, 0.717) is 26.0 Å². The van der Waals surface area contributed by atoms with E-state index in [1.165, 1.54) is 4.90 Å². The highest BCUT2D eigenvalue weighted by molar-refractivity contribution is 5.85. The Kier molecular flexibility index (Phi) is 5.20. The summed E-state index contributed by atoms with van der Waals surface area (Å²) in [7, 11) is 0. The minimum absolute atomic E-state index is 0.0865. The second-order valence-electron chi connectivity index (χ2n) is 5.38. The van der Waals surface area contributed by atoms with Gasteiger partial charge in [0.15, 0.2) is 0 Å². The van der Waals surface area contributed by atoms with Gasteiger partial charge in [0.25, 0.3) is 0 Å². The third-order valence-corrected chi connectivity index (χ3v) is 3.81. The summed E-state index contributed by atoms with van der Waals surface area (Å²) in [6.45, 7) is 2.82. The predicted molar refractivity (Wildman–Crippen MR) is 78.1 cm³/mol. The van der Waals surface area contributed by atoms with Crippen LogP contribution < -0.4 is 4.74 Å². The van der Waals surface area contributed by atoms with Crippen LogP contribution >= 0.6 is 0 Å². The molecule has 114 valence electrons. The molecule has 1 aromatic carbocycles. The molecule has 0 aromatic heterocycles. The van der Waals surface area contributed by atoms with Crippen molar-refractivity contribution in [1.82, 2.24) is 4.90 Å². The first-order valence-electron chi connectivity index (χ1n) is 7.30. The zero-order valence-electron chi connectivity index (χ0n) is 12.2. The molecule has 21 heavy (non-hydrogen) atoms. The summed E-state index contributed by atoms with van der Waals surface area (Å²) in [4.78, 5) is 24.9. The Morgan fingerprint density at radius 3 is 2.76 bits per heavy atom. The third kappa shape index (κ3) is 3.97. The summed E-state index contributed by atoms with van der Waals surface area (Å²) in [5.41, 5.74) is 0. The average Bonchev–Trinajstić information content (AvgIpc) is 2.97. The van der Waals surface area contributed by atoms with E-state index >= 15 is 0 Å². The largest absolute Gasteiger partial charge is 0.494 e. The first-order chi connectivity index (χ1) is 10.1. The van der Waals surface area contributed by atoms with Gasteiger partial charge in [-0.25, -0.2) is 4.79 Å². The first kappa shape index (κ1) is 15.4. The van der Waals surface area contributed by atoms with Gasteiger partial charge in [0.1, 0.15) is 11.8 Å². The molecule has 0 saturated carbocycles. The van der Waals surface area contributed by atoms with Gasteiger partial charge in [-0.2, -0.15) is 0 Å². The molecule has 5 nitrogen and oxygen atoms in total. The fourth-order valence-corrected chi connectivity index (χ4v) is 2.56. The molecular formula is C16H21NO4. The van der Waals surface area contributed by atoms with Gasteiger partial charge in [0.2, 0.25) is 5.91 Å². The summed E-state index contributed by atoms with van der Waals surface area (Å²) < 4.78 is 5.58. The van der Waals surface area contributed by atoms with E-state index < -0.39 is 12.0 Å². The van der Waals surface area contributed by atoms with Crippen molar-refractivity contribution >= 4 is 11.9 Å². The molecule has 5 heteroatoms. The molecule has 2 rings (SSSR count). The second kappa shape index (κ2) is 7.11. The lowest BCUT2D eigenvalue weighted by Gasteiger charge is -2.24. The van der Waals surface area contributed by atoms with Crippen LogP contribution in [0.1, 0.15) is 26.2 Å². The van der Waals surface area contributed by atoms with Crippen molar-refractivity contribution in [2.24, 2.45) is 5.92 Å². The smallest absolute Gasteiger partial charge is 0.326 e. The maximum Gasteiger partial charge on any atom is 0.326 e. The third-order valence-electron chi connectivity index (χ3n) is 3.81. The summed E-state index contributed by atoms with van der Waals surface area (Å²) in [6, 6.07) is 8.78. The van der Waals surface area contributed by atoms with Gasteiger partial charge in [-0.05, 0) is 31.4 Å². The van der Waals surface area contributed by atoms with Gasteiger partial charge in [-0.15, -0.1) is 0 Å². The molecule has 1 amide bonds. The zero-order chi connectivity index (χ0) is 15.2. The number of para-hydroxylation sites is 1. The lowest BCUT2D eigenvalue weighted by atomic mass is 10.1. The molecule has 0 spiro atoms. The molecule has 0 unspecified atom stereocenters. The first-order valence-corrected chi connectivity index (χ1v) is 7.30. The number of hydrogen-bond acceptors (Lipinski definition) is 3. The lowest BCUT2D eigenvalue weighted by Crippen LogP contribution is -2.43. The standard InChI is InChI=1S/C16H21NO4/c1-12(9-11-21-13-6-3-2-4-7-13)15(18)17-10-5-8-14(17)16(19)20/h2-4,6-7,12,14H,5,8-11H2,1H3,(H,19,20)/t12-,14-/m1/s1. The number of carboxylic acids is 1. The van der Waals surface area contributed by atoms with Crippen LogP contribution in [-0.2, 0) is 9.59 Å². The van der Waals surface area contributed by atoms with E-state index in [-0.39, 0.29) is 11.8 Å². The Morgan fingerprint density at radius 1 is 1.38 bits per heavy atom. The van der Waals surface area contributed by atoms with E-state index in [2.05, 4.69) is 0 Å². The molecule has 1 aliphatic rings. The van der Waals surface area contributed by atoms with E-state index in [9.17, 15) is 9.59 Å². The number of amides is 1. The van der Waals surface area contributed by atoms with Gasteiger partial charge in [-0.3, -0.25) is 4.79 Å². The predicted octanol–water partition coefficient (Wildman–Crippen LogP) is 2.17. The van der Waals surface area contributed by atoms with Crippen molar-refractivity contribution in [3.63, 3.8) is 0 Å². The van der Waals surface area contributed by atoms with Crippen LogP contribution in [0.4, 0.5) is 0 Å². The van der Waals surface area contributed by atoms with E-state index in [1.807, 2.05) is 37.3 Å². The summed E-state index contributed by atoms with van der Waals surface area (Å²) >= 11 is 0. The Hall–Kier alpha value is -2.04. The van der Waals surface area contributed by atoms with Crippen LogP contribution in [0.5, 0.6) is 5.75 Å². The molecule has 1 N–H and O–H groups in total. The number of benzene rings is 1. The van der Waals surface area contributed by atoms with Crippen LogP contribution in [-0.4, -0.2) is 41.1 Å². The Balaban J connectivity index is 1.81. The molecular weight excluding hydrogens is 270 g/mol. The number of carbonyl (C=O) groups is 2. The number of carboxylic acid groups (broad SMARTS) is 1. The van der Waals surface area contributed by atoms with E-state index in [0.717, 1.165) is 12.2 Å².